The molecule has 0 spiro atoms. The van der Waals surface area contributed by atoms with E-state index >= 15 is 0 Å². The zero-order chi connectivity index (χ0) is 41.6. The van der Waals surface area contributed by atoms with E-state index in [4.69, 9.17) is 9.97 Å². The molecule has 0 amide bonds. The summed E-state index contributed by atoms with van der Waals surface area (Å²) in [5.41, 5.74) is 19.9. The van der Waals surface area contributed by atoms with E-state index in [1.54, 1.807) is 0 Å². The fourth-order valence-electron chi connectivity index (χ4n) is 10.4. The van der Waals surface area contributed by atoms with Crippen LogP contribution in [0.15, 0.2) is 146 Å². The van der Waals surface area contributed by atoms with Gasteiger partial charge in [-0.3, -0.25) is 0 Å². The molecule has 0 atom stereocenters. The van der Waals surface area contributed by atoms with Gasteiger partial charge in [0.05, 0.1) is 11.4 Å². The molecular weight excluding hydrogens is 940 g/mol. The van der Waals surface area contributed by atoms with Crippen molar-refractivity contribution in [3.8, 4) is 33.4 Å². The topological polar surface area (TPSA) is 38.7 Å². The normalized spacial score (nSPS) is 14.4. The second-order valence-corrected chi connectivity index (χ2v) is 16.6. The minimum Gasteiger partial charge on any atom is -0.478 e. The molecule has 8 aromatic rings. The first-order valence-corrected chi connectivity index (χ1v) is 20.9. The fourth-order valence-corrected chi connectivity index (χ4v) is 10.4. The Labute approximate surface area is 379 Å². The van der Waals surface area contributed by atoms with Gasteiger partial charge in [-0.05, 0) is 110 Å². The van der Waals surface area contributed by atoms with Crippen molar-refractivity contribution in [2.75, 3.05) is 19.6 Å². The molecule has 4 heterocycles. The van der Waals surface area contributed by atoms with Crippen LogP contribution in [0.2, 0.25) is 0 Å². The van der Waals surface area contributed by atoms with Crippen LogP contribution in [0.5, 0.6) is 0 Å². The van der Waals surface area contributed by atoms with Gasteiger partial charge in [-0.1, -0.05) is 83.9 Å². The summed E-state index contributed by atoms with van der Waals surface area (Å²) in [5, 5.41) is 0. The van der Waals surface area contributed by atoms with Crippen LogP contribution in [-0.2, 0) is 26.7 Å². The molecule has 0 fully saturated rings. The molecule has 1 aliphatic carbocycles. The molecule has 0 saturated heterocycles. The largest absolute Gasteiger partial charge is 4.00 e. The average Bonchev–Trinajstić information content (AvgIpc) is 3.93. The quantitative estimate of drug-likeness (QED) is 0.155. The van der Waals surface area contributed by atoms with Gasteiger partial charge in [-0.15, -0.1) is 48.0 Å². The number of hydrogen-bond acceptors (Lipinski definition) is 6. The number of anilines is 6. The molecule has 6 aromatic carbocycles. The molecule has 0 unspecified atom stereocenters. The van der Waals surface area contributed by atoms with E-state index in [2.05, 4.69) is 196 Å². The van der Waals surface area contributed by atoms with Gasteiger partial charge in [0.2, 0.25) is 0 Å². The van der Waals surface area contributed by atoms with Gasteiger partial charge in [0, 0.05) is 23.5 Å². The Morgan fingerprint density at radius 2 is 0.887 bits per heavy atom. The fraction of sp³-hybridized carbons (Fsp3) is 0.127. The van der Waals surface area contributed by atoms with E-state index in [0.717, 1.165) is 56.6 Å². The summed E-state index contributed by atoms with van der Waals surface area (Å²) in [6.07, 6.45) is 3.77. The maximum absolute atomic E-state index is 5.10. The third-order valence-electron chi connectivity index (χ3n) is 12.6. The minimum absolute atomic E-state index is 0. The van der Waals surface area contributed by atoms with Crippen LogP contribution in [0, 0.1) is 67.0 Å². The number of pyridine rings is 2. The van der Waals surface area contributed by atoms with Crippen LogP contribution in [-0.4, -0.2) is 9.97 Å². The van der Waals surface area contributed by atoms with Crippen LogP contribution < -0.4 is 19.6 Å². The molecule has 6 nitrogen and oxygen atoms in total. The van der Waals surface area contributed by atoms with Crippen molar-refractivity contribution in [3.05, 3.63) is 216 Å². The van der Waals surface area contributed by atoms with E-state index in [1.807, 2.05) is 36.7 Å². The number of nitrogens with zero attached hydrogens (tertiary/aromatic N) is 6. The predicted octanol–water partition coefficient (Wildman–Crippen LogP) is 13.0. The summed E-state index contributed by atoms with van der Waals surface area (Å²) in [4.78, 5) is 19.4. The van der Waals surface area contributed by atoms with Gasteiger partial charge in [0.1, 0.15) is 17.3 Å². The van der Waals surface area contributed by atoms with E-state index in [-0.39, 0.29) is 21.1 Å². The molecule has 0 radical (unpaired) electrons. The summed E-state index contributed by atoms with van der Waals surface area (Å²) in [6.45, 7) is 17.6. The SMILES string of the molecule is Cc1cc(C)c(-c2cc[c-]c(N3[CH-]N(C4(N5[CH-]N(c6[c-]ccc(-c7c(C)cc(C)cc7C)c6)c6ncccc65)c5ccccc5-c5ccccc54)c4cccnc43)c2)c(C)c1.[Pt+4]. The van der Waals surface area contributed by atoms with Crippen LogP contribution in [0.1, 0.15) is 44.5 Å². The number of fused-ring (bicyclic) bond motifs is 5. The van der Waals surface area contributed by atoms with E-state index < -0.39 is 5.66 Å². The number of hydrogen-bond donors (Lipinski definition) is 0. The summed E-state index contributed by atoms with van der Waals surface area (Å²) < 4.78 is 0. The minimum atomic E-state index is -0.907. The second kappa shape index (κ2) is 15.1. The Morgan fingerprint density at radius 3 is 1.31 bits per heavy atom. The van der Waals surface area contributed by atoms with Crippen molar-refractivity contribution in [1.29, 1.82) is 0 Å². The van der Waals surface area contributed by atoms with Gasteiger partial charge in [0.15, 0.2) is 0 Å². The molecule has 304 valence electrons. The summed E-state index contributed by atoms with van der Waals surface area (Å²) in [6, 6.07) is 55.2. The Morgan fingerprint density at radius 1 is 0.484 bits per heavy atom. The zero-order valence-corrected chi connectivity index (χ0v) is 37.8. The van der Waals surface area contributed by atoms with Gasteiger partial charge in [0.25, 0.3) is 0 Å². The molecule has 2 aliphatic heterocycles. The first kappa shape index (κ1) is 39.6. The van der Waals surface area contributed by atoms with Gasteiger partial charge >= 0.3 is 21.1 Å². The molecule has 0 N–H and O–H groups in total. The smallest absolute Gasteiger partial charge is 0.478 e. The Balaban J connectivity index is 0.00000458. The predicted molar refractivity (Wildman–Crippen MR) is 249 cm³/mol. The molecule has 2 aromatic heterocycles. The van der Waals surface area contributed by atoms with Crippen molar-refractivity contribution in [2.45, 2.75) is 47.2 Å². The molecule has 7 heteroatoms. The summed E-state index contributed by atoms with van der Waals surface area (Å²) >= 11 is 0. The number of rotatable bonds is 6. The molecule has 3 aliphatic rings. The number of aryl methyl sites for hydroxylation is 6. The third kappa shape index (κ3) is 5.95. The second-order valence-electron chi connectivity index (χ2n) is 16.6. The molecule has 62 heavy (non-hydrogen) atoms. The van der Waals surface area contributed by atoms with Crippen LogP contribution in [0.4, 0.5) is 34.4 Å². The van der Waals surface area contributed by atoms with Crippen molar-refractivity contribution >= 4 is 34.4 Å². The Kier molecular flexibility index (Phi) is 9.68. The third-order valence-corrected chi connectivity index (χ3v) is 12.6. The molecule has 0 saturated carbocycles. The van der Waals surface area contributed by atoms with Crippen molar-refractivity contribution in [1.82, 2.24) is 9.97 Å². The van der Waals surface area contributed by atoms with Crippen molar-refractivity contribution in [2.24, 2.45) is 0 Å². The van der Waals surface area contributed by atoms with Gasteiger partial charge in [-0.2, -0.15) is 36.4 Å². The van der Waals surface area contributed by atoms with Crippen LogP contribution >= 0.6 is 0 Å². The molecule has 11 rings (SSSR count). The first-order valence-electron chi connectivity index (χ1n) is 20.9. The van der Waals surface area contributed by atoms with E-state index in [0.29, 0.717) is 0 Å². The summed E-state index contributed by atoms with van der Waals surface area (Å²) in [5.74, 6) is 1.67. The maximum atomic E-state index is 5.10. The van der Waals surface area contributed by atoms with E-state index in [1.165, 1.54) is 55.6 Å². The monoisotopic (exact) mass is 983 g/mol. The first-order chi connectivity index (χ1) is 29.7. The van der Waals surface area contributed by atoms with Crippen LogP contribution in [0.25, 0.3) is 33.4 Å². The van der Waals surface area contributed by atoms with Crippen molar-refractivity contribution < 1.29 is 21.1 Å². The standard InChI is InChI=1S/C55H44N6.Pt/c1-35-27-37(3)51(38(4)28-35)41-15-11-17-43(31-41)58-33-60(49-23-13-25-56-53(49)58)55(47-21-9-7-19-45(47)46-20-8-10-22-48(46)55)61-34-59(54-50(61)24-14-26-57-54)44-18-12-16-42(32-44)52-39(5)29-36(2)30-40(52)6;/h7-16,19-34H,1-6H3;/q-4;+4. The van der Waals surface area contributed by atoms with E-state index in [9.17, 15) is 0 Å². The zero-order valence-electron chi connectivity index (χ0n) is 35.5. The average molecular weight is 984 g/mol. The Hall–Kier alpha value is -6.49. The molecule has 0 bridgehead atoms. The Bertz CT molecular complexity index is 2810. The maximum Gasteiger partial charge on any atom is 4.00 e. The van der Waals surface area contributed by atoms with Gasteiger partial charge < -0.3 is 19.6 Å². The van der Waals surface area contributed by atoms with Crippen LogP contribution in [0.3, 0.4) is 0 Å². The summed E-state index contributed by atoms with van der Waals surface area (Å²) in [7, 11) is 0. The van der Waals surface area contributed by atoms with Gasteiger partial charge in [-0.25, -0.2) is 9.97 Å². The number of benzene rings is 6. The molecular formula is C55H44N6Pt. The van der Waals surface area contributed by atoms with Crippen molar-refractivity contribution in [3.63, 3.8) is 0 Å². The number of aromatic nitrogens is 2.